The van der Waals surface area contributed by atoms with Gasteiger partial charge in [0.05, 0.1) is 26.4 Å². The lowest BCUT2D eigenvalue weighted by Gasteiger charge is -2.41. The van der Waals surface area contributed by atoms with Gasteiger partial charge in [0.1, 0.15) is 110 Å². The van der Waals surface area contributed by atoms with Gasteiger partial charge in [-0.2, -0.15) is 0 Å². The smallest absolute Gasteiger partial charge is 0.358 e. The molecule has 32 nitrogen and oxygen atoms in total. The average Bonchev–Trinajstić information content (AvgIpc) is 4.07. The first-order valence-electron chi connectivity index (χ1n) is 25.5. The van der Waals surface area contributed by atoms with Gasteiger partial charge in [-0.25, -0.2) is 9.57 Å². The van der Waals surface area contributed by atoms with Gasteiger partial charge >= 0.3 is 17.8 Å². The average molecular weight is 1140 g/mol. The third-order valence-electron chi connectivity index (χ3n) is 14.5. The summed E-state index contributed by atoms with van der Waals surface area (Å²) in [5, 5.41) is 158. The molecule has 2 fully saturated rings. The quantitative estimate of drug-likeness (QED) is 0.0781. The highest BCUT2D eigenvalue weighted by atomic mass is 16.7. The Balaban J connectivity index is 1.28. The number of benzene rings is 2. The molecular formula is C48H70N12O20+2. The van der Waals surface area contributed by atoms with Crippen molar-refractivity contribution >= 4 is 47.3 Å². The van der Waals surface area contributed by atoms with Crippen LogP contribution in [-0.4, -0.2) is 269 Å². The lowest BCUT2D eigenvalue weighted by Crippen LogP contribution is -2.80. The van der Waals surface area contributed by atoms with Crippen molar-refractivity contribution in [1.29, 1.82) is 0 Å². The lowest BCUT2D eigenvalue weighted by atomic mass is 9.92. The fourth-order valence-electron chi connectivity index (χ4n) is 9.79. The maximum absolute atomic E-state index is 14.9. The van der Waals surface area contributed by atoms with Crippen LogP contribution in [0, 0.1) is 0 Å². The fourth-order valence-corrected chi connectivity index (χ4v) is 9.79. The van der Waals surface area contributed by atoms with Crippen molar-refractivity contribution in [3.8, 4) is 5.75 Å². The van der Waals surface area contributed by atoms with Crippen LogP contribution in [-0.2, 0) is 35.1 Å². The maximum Gasteiger partial charge on any atom is 0.358 e. The minimum absolute atomic E-state index is 0.0206. The van der Waals surface area contributed by atoms with Crippen molar-refractivity contribution in [2.24, 2.45) is 16.5 Å². The molecule has 0 spiro atoms. The number of hydrogen-bond donors (Lipinski definition) is 22. The number of rotatable bonds is 14. The number of hydrogen-bond acceptors (Lipinski definition) is 24. The Labute approximate surface area is 455 Å². The molecule has 0 saturated carbocycles. The second-order valence-electron chi connectivity index (χ2n) is 19.8. The molecule has 2 aromatic rings. The number of aliphatic imine (C=N–C) groups is 1. The zero-order valence-electron chi connectivity index (χ0n) is 42.9. The number of ether oxygens (including phenoxy) is 3. The third-order valence-corrected chi connectivity index (χ3v) is 14.5. The second kappa shape index (κ2) is 26.6. The Hall–Kier alpha value is -6.92. The maximum atomic E-state index is 14.9. The van der Waals surface area contributed by atoms with Gasteiger partial charge in [-0.15, -0.1) is 0 Å². The molecule has 24 N–H and O–H groups in total. The molecule has 0 unspecified atom stereocenters. The van der Waals surface area contributed by atoms with Crippen molar-refractivity contribution in [2.75, 3.05) is 39.5 Å². The van der Waals surface area contributed by atoms with E-state index in [-0.39, 0.29) is 29.8 Å². The molecule has 0 bridgehead atoms. The Morgan fingerprint density at radius 3 is 1.95 bits per heavy atom. The van der Waals surface area contributed by atoms with E-state index in [0.717, 1.165) is 4.58 Å². The number of nitrogens with zero attached hydrogens (tertiary/aromatic N) is 2. The van der Waals surface area contributed by atoms with E-state index in [4.69, 9.17) is 25.7 Å². The molecule has 440 valence electrons. The summed E-state index contributed by atoms with van der Waals surface area (Å²) in [6.07, 6.45) is -21.7. The molecule has 2 aromatic carbocycles. The summed E-state index contributed by atoms with van der Waals surface area (Å²) in [5.41, 5.74) is 13.0. The van der Waals surface area contributed by atoms with Crippen LogP contribution < -0.4 is 63.2 Å². The van der Waals surface area contributed by atoms with E-state index in [9.17, 15) is 85.6 Å². The number of carbonyl (C=O) groups is 4. The Bertz CT molecular complexity index is 2620. The molecule has 4 amide bonds. The van der Waals surface area contributed by atoms with Crippen LogP contribution in [0.2, 0.25) is 0 Å². The highest BCUT2D eigenvalue weighted by molar-refractivity contribution is 5.97. The van der Waals surface area contributed by atoms with Crippen molar-refractivity contribution < 1.29 is 114 Å². The van der Waals surface area contributed by atoms with Crippen LogP contribution >= 0.6 is 0 Å². The molecule has 5 aliphatic heterocycles. The lowest BCUT2D eigenvalue weighted by molar-refractivity contribution is -0.663. The molecule has 32 heteroatoms. The third kappa shape index (κ3) is 13.6. The van der Waals surface area contributed by atoms with Gasteiger partial charge in [0.2, 0.25) is 36.1 Å². The van der Waals surface area contributed by atoms with Crippen molar-refractivity contribution in [3.63, 3.8) is 0 Å². The van der Waals surface area contributed by atoms with E-state index < -0.39 is 197 Å². The monoisotopic (exact) mass is 1130 g/mol. The van der Waals surface area contributed by atoms with Gasteiger partial charge in [-0.05, 0) is 23.3 Å². The molecule has 80 heavy (non-hydrogen) atoms. The highest BCUT2D eigenvalue weighted by Crippen LogP contribution is 2.28. The van der Waals surface area contributed by atoms with Gasteiger partial charge in [0, 0.05) is 18.2 Å². The summed E-state index contributed by atoms with van der Waals surface area (Å²) in [6.45, 7) is -2.50. The van der Waals surface area contributed by atoms with Gasteiger partial charge in [0.15, 0.2) is 12.6 Å². The minimum atomic E-state index is -2.26. The zero-order chi connectivity index (χ0) is 58.3. The summed E-state index contributed by atoms with van der Waals surface area (Å²) >= 11 is 0. The minimum Gasteiger partial charge on any atom is -0.858 e. The van der Waals surface area contributed by atoms with E-state index in [1.54, 1.807) is 37.3 Å². The van der Waals surface area contributed by atoms with E-state index in [2.05, 4.69) is 46.9 Å². The standard InChI is InChI=1S/C48H68N12O20/c1-18(20-5-3-2-4-6-20)29-42(75)54-22(11-19-7-9-21(10-8-19)78-46-39(72)37(70)35(68)27(17-63)80-46)41(74)58-30(32(65)23-12-52-47(49)56-23)44(77)59-31(43(76)55-24(15-61)40(73)51-14-28(64)57-29)33(66)25-13-53-48(50)60(25)45-38(71)36(69)34(67)26(16-62)79-45/h2-10,18,22-27,29-39,45-46,61-63,65-72H,11-17H2,1H3,(H11,49,50,51,52,53,54,55,56,57,58,59,64,73,74,75,76,77)/p+2/t18-,22+,23-,24-,25-,26+,27+,29-,30-,31+,32+,33+,34+,35+,36-,37-,38-,39-,45-,46-/m0/s1. The normalized spacial score (nSPS) is 35.2. The first-order chi connectivity index (χ1) is 38.1. The molecule has 0 aliphatic carbocycles. The SMILES string of the molecule is C[C@@H](c1ccccc1)[C@@H]1N=C([O-])C[NH+]=C(O)[C@H](CO)NC(=O)[C@@H]([C@H](O)[C@@H]2CNC(N)=[N+]2[C@H]2O[C@H](CO)[C@@H](O)[C@H](O)[C@@H]2O)NC(=O)[C@H]([C@H](O)[C@@H]2C[NH+]=C(N)N2)NC(=O)[C@@H](Cc2ccc(O[C@H]3O[C@H](CO)[C@@H](O)[C@H](O)[C@@H]3O)cc2)NC1=O. The van der Waals surface area contributed by atoms with E-state index >= 15 is 0 Å². The number of guanidine groups is 2. The number of aliphatic hydroxyl groups is 12. The van der Waals surface area contributed by atoms with Crippen LogP contribution in [0.3, 0.4) is 0 Å². The Morgan fingerprint density at radius 1 is 0.725 bits per heavy atom. The van der Waals surface area contributed by atoms with E-state index in [1.807, 2.05) is 0 Å². The predicted octanol–water partition coefficient (Wildman–Crippen LogP) is -15.5. The van der Waals surface area contributed by atoms with Crippen LogP contribution in [0.25, 0.3) is 0 Å². The van der Waals surface area contributed by atoms with Crippen molar-refractivity contribution in [3.05, 3.63) is 65.7 Å². The molecule has 5 aliphatic rings. The van der Waals surface area contributed by atoms with Crippen LogP contribution in [0.4, 0.5) is 0 Å². The Kier molecular flexibility index (Phi) is 20.2. The van der Waals surface area contributed by atoms with E-state index in [1.165, 1.54) is 24.3 Å². The number of nitrogens with two attached hydrogens (primary N) is 2. The highest BCUT2D eigenvalue weighted by Gasteiger charge is 2.53. The van der Waals surface area contributed by atoms with Crippen molar-refractivity contribution in [2.45, 2.75) is 135 Å². The number of carbonyl (C=O) groups excluding carboxylic acids is 4. The molecule has 20 atom stereocenters. The predicted molar refractivity (Wildman–Crippen MR) is 268 cm³/mol. The second-order valence-corrected chi connectivity index (χ2v) is 19.8. The molecule has 7 rings (SSSR count). The van der Waals surface area contributed by atoms with E-state index in [0.29, 0.717) is 5.56 Å². The number of nitrogens with one attached hydrogen (secondary N) is 8. The van der Waals surface area contributed by atoms with Crippen LogP contribution in [0.5, 0.6) is 5.75 Å². The molecule has 5 heterocycles. The topological polar surface area (TPSA) is 529 Å². The van der Waals surface area contributed by atoms with Gasteiger partial charge < -0.3 is 102 Å². The fraction of sp³-hybridized carbons (Fsp3) is 0.583. The molecule has 0 aromatic heterocycles. The van der Waals surface area contributed by atoms with Gasteiger partial charge in [0.25, 0.3) is 0 Å². The zero-order valence-corrected chi connectivity index (χ0v) is 42.9. The largest absolute Gasteiger partial charge is 0.858 e. The van der Waals surface area contributed by atoms with Gasteiger partial charge in [-0.3, -0.25) is 51.3 Å². The summed E-state index contributed by atoms with van der Waals surface area (Å²) in [7, 11) is 0. The van der Waals surface area contributed by atoms with Gasteiger partial charge in [-0.1, -0.05) is 49.4 Å². The first-order valence-corrected chi connectivity index (χ1v) is 25.5. The van der Waals surface area contributed by atoms with Crippen molar-refractivity contribution in [1.82, 2.24) is 31.9 Å². The molecule has 2 saturated heterocycles. The summed E-state index contributed by atoms with van der Waals surface area (Å²) in [5.74, 6) is -8.17. The van der Waals surface area contributed by atoms with Crippen LogP contribution in [0.15, 0.2) is 59.6 Å². The first kappa shape index (κ1) is 60.7. The number of aliphatic hydroxyl groups excluding tert-OH is 12. The number of amides is 4. The summed E-state index contributed by atoms with van der Waals surface area (Å²) < 4.78 is 17.8. The molecule has 0 radical (unpaired) electrons. The Morgan fingerprint density at radius 2 is 1.32 bits per heavy atom. The molecular weight excluding hydrogens is 1060 g/mol. The summed E-state index contributed by atoms with van der Waals surface area (Å²) in [4.78, 5) is 68.3. The van der Waals surface area contributed by atoms with Crippen LogP contribution in [0.1, 0.15) is 24.0 Å². The summed E-state index contributed by atoms with van der Waals surface area (Å²) in [6, 6.07) is 1.62.